The van der Waals surface area contributed by atoms with E-state index in [2.05, 4.69) is 71.9 Å². The van der Waals surface area contributed by atoms with E-state index in [0.29, 0.717) is 12.0 Å². The molecule has 0 spiro atoms. The lowest BCUT2D eigenvalue weighted by atomic mass is 9.89. The molecule has 5 heteroatoms. The lowest BCUT2D eigenvalue weighted by Crippen LogP contribution is -2.45. The van der Waals surface area contributed by atoms with Crippen LogP contribution in [-0.4, -0.2) is 32.2 Å². The summed E-state index contributed by atoms with van der Waals surface area (Å²) < 4.78 is 6.11. The normalized spacial score (nSPS) is 21.7. The van der Waals surface area contributed by atoms with Gasteiger partial charge < -0.3 is 15.4 Å². The van der Waals surface area contributed by atoms with Crippen LogP contribution in [0.5, 0.6) is 0 Å². The zero-order valence-electron chi connectivity index (χ0n) is 16.6. The van der Waals surface area contributed by atoms with Gasteiger partial charge in [-0.15, -0.1) is 11.3 Å². The molecular weight excluding hydrogens is 354 g/mol. The topological polar surface area (TPSA) is 45.7 Å². The van der Waals surface area contributed by atoms with Crippen LogP contribution < -0.4 is 10.6 Å². The van der Waals surface area contributed by atoms with Gasteiger partial charge >= 0.3 is 0 Å². The average Bonchev–Trinajstić information content (AvgIpc) is 3.10. The molecule has 2 N–H and O–H groups in total. The van der Waals surface area contributed by atoms with Gasteiger partial charge in [-0.05, 0) is 44.4 Å². The number of nitrogens with one attached hydrogen (secondary N) is 2. The van der Waals surface area contributed by atoms with Crippen molar-refractivity contribution >= 4 is 17.3 Å². The molecule has 146 valence electrons. The zero-order chi connectivity index (χ0) is 19.1. The molecule has 1 fully saturated rings. The first-order chi connectivity index (χ1) is 13.2. The van der Waals surface area contributed by atoms with Gasteiger partial charge in [0.2, 0.25) is 0 Å². The maximum atomic E-state index is 6.11. The van der Waals surface area contributed by atoms with Crippen molar-refractivity contribution < 1.29 is 4.74 Å². The van der Waals surface area contributed by atoms with E-state index in [9.17, 15) is 0 Å². The SMILES string of the molecule is CN=C(NCC1CCCOC1c1ccccc1)NC(C)Cc1ccc(C)s1. The smallest absolute Gasteiger partial charge is 0.191 e. The van der Waals surface area contributed by atoms with E-state index < -0.39 is 0 Å². The highest BCUT2D eigenvalue weighted by atomic mass is 32.1. The molecule has 0 aliphatic carbocycles. The van der Waals surface area contributed by atoms with E-state index in [1.807, 2.05) is 18.4 Å². The maximum Gasteiger partial charge on any atom is 0.191 e. The van der Waals surface area contributed by atoms with Crippen LogP contribution >= 0.6 is 11.3 Å². The second kappa shape index (κ2) is 9.90. The summed E-state index contributed by atoms with van der Waals surface area (Å²) in [6, 6.07) is 15.3. The summed E-state index contributed by atoms with van der Waals surface area (Å²) in [5, 5.41) is 7.05. The first-order valence-corrected chi connectivity index (χ1v) is 10.7. The minimum absolute atomic E-state index is 0.164. The van der Waals surface area contributed by atoms with Gasteiger partial charge in [0.15, 0.2) is 5.96 Å². The van der Waals surface area contributed by atoms with Crippen molar-refractivity contribution in [3.63, 3.8) is 0 Å². The van der Waals surface area contributed by atoms with Gasteiger partial charge in [-0.3, -0.25) is 4.99 Å². The Balaban J connectivity index is 1.53. The number of aryl methyl sites for hydroxylation is 1. The standard InChI is InChI=1S/C22H31N3OS/c1-16(14-20-12-11-17(2)27-20)25-22(23-3)24-15-19-10-7-13-26-21(19)18-8-5-4-6-9-18/h4-6,8-9,11-12,16,19,21H,7,10,13-15H2,1-3H3,(H2,23,24,25). The van der Waals surface area contributed by atoms with Crippen molar-refractivity contribution in [2.75, 3.05) is 20.2 Å². The summed E-state index contributed by atoms with van der Waals surface area (Å²) in [4.78, 5) is 7.19. The third kappa shape index (κ3) is 5.81. The maximum absolute atomic E-state index is 6.11. The third-order valence-electron chi connectivity index (χ3n) is 5.01. The van der Waals surface area contributed by atoms with Gasteiger partial charge in [-0.1, -0.05) is 30.3 Å². The number of benzene rings is 1. The van der Waals surface area contributed by atoms with E-state index in [4.69, 9.17) is 4.74 Å². The minimum atomic E-state index is 0.164. The molecule has 27 heavy (non-hydrogen) atoms. The van der Waals surface area contributed by atoms with Crippen molar-refractivity contribution in [1.29, 1.82) is 0 Å². The molecule has 0 amide bonds. The minimum Gasteiger partial charge on any atom is -0.373 e. The molecule has 3 rings (SSSR count). The molecule has 0 radical (unpaired) electrons. The molecule has 2 heterocycles. The van der Waals surface area contributed by atoms with Crippen molar-refractivity contribution in [3.8, 4) is 0 Å². The average molecular weight is 386 g/mol. The highest BCUT2D eigenvalue weighted by Gasteiger charge is 2.27. The van der Waals surface area contributed by atoms with Gasteiger partial charge in [0.05, 0.1) is 6.10 Å². The van der Waals surface area contributed by atoms with Crippen LogP contribution in [0.3, 0.4) is 0 Å². The quantitative estimate of drug-likeness (QED) is 0.575. The molecular formula is C22H31N3OS. The highest BCUT2D eigenvalue weighted by molar-refractivity contribution is 7.11. The fourth-order valence-electron chi connectivity index (χ4n) is 3.67. The van der Waals surface area contributed by atoms with Crippen molar-refractivity contribution in [2.45, 2.75) is 45.3 Å². The Morgan fingerprint density at radius 2 is 2.07 bits per heavy atom. The largest absolute Gasteiger partial charge is 0.373 e. The second-order valence-electron chi connectivity index (χ2n) is 7.32. The Bertz CT molecular complexity index is 728. The number of thiophene rings is 1. The van der Waals surface area contributed by atoms with E-state index in [-0.39, 0.29) is 6.10 Å². The van der Waals surface area contributed by atoms with Crippen LogP contribution in [0.15, 0.2) is 47.5 Å². The van der Waals surface area contributed by atoms with Gasteiger partial charge in [0.1, 0.15) is 0 Å². The van der Waals surface area contributed by atoms with Gasteiger partial charge in [-0.25, -0.2) is 0 Å². The third-order valence-corrected chi connectivity index (χ3v) is 6.04. The molecule has 0 bridgehead atoms. The zero-order valence-corrected chi connectivity index (χ0v) is 17.4. The monoisotopic (exact) mass is 385 g/mol. The van der Waals surface area contributed by atoms with Crippen LogP contribution in [0.4, 0.5) is 0 Å². The Labute approximate surface area is 167 Å². The number of ether oxygens (including phenoxy) is 1. The van der Waals surface area contributed by atoms with Crippen LogP contribution in [-0.2, 0) is 11.2 Å². The van der Waals surface area contributed by atoms with Crippen molar-refractivity contribution in [3.05, 3.63) is 57.8 Å². The summed E-state index contributed by atoms with van der Waals surface area (Å²) in [5.74, 6) is 1.32. The van der Waals surface area contributed by atoms with Crippen molar-refractivity contribution in [2.24, 2.45) is 10.9 Å². The van der Waals surface area contributed by atoms with Crippen LogP contribution in [0, 0.1) is 12.8 Å². The summed E-state index contributed by atoms with van der Waals surface area (Å²) in [7, 11) is 1.84. The molecule has 3 atom stereocenters. The molecule has 3 unspecified atom stereocenters. The number of hydrogen-bond donors (Lipinski definition) is 2. The van der Waals surface area contributed by atoms with E-state index in [1.165, 1.54) is 21.7 Å². The molecule has 2 aromatic rings. The number of aliphatic imine (C=N–C) groups is 1. The fraction of sp³-hybridized carbons (Fsp3) is 0.500. The van der Waals surface area contributed by atoms with Crippen LogP contribution in [0.2, 0.25) is 0 Å². The lowest BCUT2D eigenvalue weighted by Gasteiger charge is -2.33. The van der Waals surface area contributed by atoms with Gasteiger partial charge in [0.25, 0.3) is 0 Å². The first-order valence-electron chi connectivity index (χ1n) is 9.84. The summed E-state index contributed by atoms with van der Waals surface area (Å²) in [6.45, 7) is 6.07. The van der Waals surface area contributed by atoms with Crippen LogP contribution in [0.25, 0.3) is 0 Å². The fourth-order valence-corrected chi connectivity index (χ4v) is 4.69. The molecule has 1 aliphatic heterocycles. The number of nitrogens with zero attached hydrogens (tertiary/aromatic N) is 1. The Morgan fingerprint density at radius 3 is 2.78 bits per heavy atom. The summed E-state index contributed by atoms with van der Waals surface area (Å²) >= 11 is 1.87. The number of rotatable bonds is 6. The molecule has 1 saturated heterocycles. The summed E-state index contributed by atoms with van der Waals surface area (Å²) in [6.07, 6.45) is 3.47. The highest BCUT2D eigenvalue weighted by Crippen LogP contribution is 2.33. The van der Waals surface area contributed by atoms with E-state index in [1.54, 1.807) is 0 Å². The summed E-state index contributed by atoms with van der Waals surface area (Å²) in [5.41, 5.74) is 1.27. The molecule has 1 aromatic heterocycles. The Hall–Kier alpha value is -1.85. The Morgan fingerprint density at radius 1 is 1.26 bits per heavy atom. The van der Waals surface area contributed by atoms with Gasteiger partial charge in [0, 0.05) is 48.3 Å². The molecule has 1 aromatic carbocycles. The van der Waals surface area contributed by atoms with Crippen LogP contribution in [0.1, 0.15) is 41.2 Å². The first kappa shape index (κ1) is 19.9. The molecule has 4 nitrogen and oxygen atoms in total. The predicted octanol–water partition coefficient (Wildman–Crippen LogP) is 4.32. The molecule has 1 aliphatic rings. The number of guanidine groups is 1. The van der Waals surface area contributed by atoms with Crippen molar-refractivity contribution in [1.82, 2.24) is 10.6 Å². The predicted molar refractivity (Wildman–Crippen MR) is 115 cm³/mol. The molecule has 0 saturated carbocycles. The second-order valence-corrected chi connectivity index (χ2v) is 8.69. The lowest BCUT2D eigenvalue weighted by molar-refractivity contribution is -0.0265. The van der Waals surface area contributed by atoms with Gasteiger partial charge in [-0.2, -0.15) is 0 Å². The van der Waals surface area contributed by atoms with E-state index in [0.717, 1.165) is 32.0 Å². The Kier molecular flexibility index (Phi) is 7.30. The number of hydrogen-bond acceptors (Lipinski definition) is 3. The van der Waals surface area contributed by atoms with E-state index >= 15 is 0 Å².